The highest BCUT2D eigenvalue weighted by Crippen LogP contribution is 2.22. The number of anilines is 1. The molecule has 0 spiro atoms. The van der Waals surface area contributed by atoms with E-state index in [1.807, 2.05) is 16.8 Å². The van der Waals surface area contributed by atoms with E-state index in [9.17, 15) is 0 Å². The number of hydrogen-bond donors (Lipinski definition) is 1. The first-order chi connectivity index (χ1) is 10.0. The quantitative estimate of drug-likeness (QED) is 0.887. The zero-order chi connectivity index (χ0) is 15.4. The molecule has 0 fully saturated rings. The van der Waals surface area contributed by atoms with Gasteiger partial charge in [-0.1, -0.05) is 27.7 Å². The standard InChI is InChI=1S/C16H24N4O/c1-5-12-9-13(6-2)20(19-12)15-8-7-14(17)16(18-15)21-10-11(3)4/h7-9,11H,5-6,10,17H2,1-4H3. The molecule has 0 amide bonds. The molecule has 5 heteroatoms. The van der Waals surface area contributed by atoms with Crippen LogP contribution in [0.5, 0.6) is 5.88 Å². The van der Waals surface area contributed by atoms with Gasteiger partial charge < -0.3 is 10.5 Å². The lowest BCUT2D eigenvalue weighted by Crippen LogP contribution is -2.10. The van der Waals surface area contributed by atoms with Gasteiger partial charge in [0.2, 0.25) is 5.88 Å². The van der Waals surface area contributed by atoms with Crippen LogP contribution in [0.4, 0.5) is 5.69 Å². The Morgan fingerprint density at radius 2 is 2.00 bits per heavy atom. The molecule has 0 aliphatic carbocycles. The van der Waals surface area contributed by atoms with Crippen molar-refractivity contribution in [3.05, 3.63) is 29.6 Å². The first-order valence-corrected chi connectivity index (χ1v) is 7.52. The molecule has 0 unspecified atom stereocenters. The number of hydrogen-bond acceptors (Lipinski definition) is 4. The minimum absolute atomic E-state index is 0.428. The van der Waals surface area contributed by atoms with E-state index in [0.717, 1.165) is 30.0 Å². The third-order valence-corrected chi connectivity index (χ3v) is 3.20. The second kappa shape index (κ2) is 6.61. The number of aryl methyl sites for hydroxylation is 2. The molecule has 21 heavy (non-hydrogen) atoms. The Morgan fingerprint density at radius 3 is 2.62 bits per heavy atom. The molecule has 0 radical (unpaired) electrons. The molecule has 2 heterocycles. The van der Waals surface area contributed by atoms with E-state index in [4.69, 9.17) is 10.5 Å². The van der Waals surface area contributed by atoms with Crippen molar-refractivity contribution in [2.75, 3.05) is 12.3 Å². The molecule has 0 aromatic carbocycles. The van der Waals surface area contributed by atoms with Crippen molar-refractivity contribution in [2.45, 2.75) is 40.5 Å². The zero-order valence-corrected chi connectivity index (χ0v) is 13.3. The van der Waals surface area contributed by atoms with Gasteiger partial charge in [-0.15, -0.1) is 0 Å². The molecule has 2 aromatic rings. The zero-order valence-electron chi connectivity index (χ0n) is 13.3. The predicted octanol–water partition coefficient (Wildman–Crippen LogP) is 3.01. The van der Waals surface area contributed by atoms with E-state index in [-0.39, 0.29) is 0 Å². The SMILES string of the molecule is CCc1cc(CC)n(-c2ccc(N)c(OCC(C)C)n2)n1. The first-order valence-electron chi connectivity index (χ1n) is 7.52. The van der Waals surface area contributed by atoms with Gasteiger partial charge in [-0.2, -0.15) is 10.1 Å². The van der Waals surface area contributed by atoms with Crippen LogP contribution in [0.15, 0.2) is 18.2 Å². The van der Waals surface area contributed by atoms with E-state index in [0.29, 0.717) is 24.1 Å². The minimum atomic E-state index is 0.428. The molecular weight excluding hydrogens is 264 g/mol. The first kappa shape index (κ1) is 15.4. The Hall–Kier alpha value is -2.04. The third kappa shape index (κ3) is 3.54. The molecule has 0 aliphatic heterocycles. The maximum absolute atomic E-state index is 5.94. The highest BCUT2D eigenvalue weighted by molar-refractivity contribution is 5.50. The van der Waals surface area contributed by atoms with Gasteiger partial charge in [0.15, 0.2) is 5.82 Å². The van der Waals surface area contributed by atoms with Crippen LogP contribution in [-0.4, -0.2) is 21.4 Å². The van der Waals surface area contributed by atoms with Gasteiger partial charge >= 0.3 is 0 Å². The Bertz CT molecular complexity index is 604. The van der Waals surface area contributed by atoms with Crippen LogP contribution in [0.1, 0.15) is 39.1 Å². The maximum Gasteiger partial charge on any atom is 0.239 e. The second-order valence-corrected chi connectivity index (χ2v) is 5.51. The largest absolute Gasteiger partial charge is 0.476 e. The Kier molecular flexibility index (Phi) is 4.83. The summed E-state index contributed by atoms with van der Waals surface area (Å²) in [7, 11) is 0. The minimum Gasteiger partial charge on any atom is -0.476 e. The number of ether oxygens (including phenoxy) is 1. The lowest BCUT2D eigenvalue weighted by atomic mass is 10.2. The third-order valence-electron chi connectivity index (χ3n) is 3.20. The fourth-order valence-corrected chi connectivity index (χ4v) is 2.02. The van der Waals surface area contributed by atoms with Gasteiger partial charge in [-0.25, -0.2) is 4.68 Å². The van der Waals surface area contributed by atoms with E-state index in [1.165, 1.54) is 0 Å². The molecule has 0 saturated carbocycles. The van der Waals surface area contributed by atoms with Gasteiger partial charge in [-0.05, 0) is 37.0 Å². The summed E-state index contributed by atoms with van der Waals surface area (Å²) in [5.41, 5.74) is 8.70. The highest BCUT2D eigenvalue weighted by atomic mass is 16.5. The number of rotatable bonds is 6. The molecule has 2 rings (SSSR count). The van der Waals surface area contributed by atoms with Crippen LogP contribution in [0, 0.1) is 5.92 Å². The topological polar surface area (TPSA) is 66.0 Å². The molecule has 2 N–H and O–H groups in total. The van der Waals surface area contributed by atoms with Crippen LogP contribution in [-0.2, 0) is 12.8 Å². The predicted molar refractivity (Wildman–Crippen MR) is 84.9 cm³/mol. The van der Waals surface area contributed by atoms with Gasteiger partial charge in [0.05, 0.1) is 18.0 Å². The fraction of sp³-hybridized carbons (Fsp3) is 0.500. The van der Waals surface area contributed by atoms with Crippen LogP contribution < -0.4 is 10.5 Å². The summed E-state index contributed by atoms with van der Waals surface area (Å²) in [4.78, 5) is 4.52. The number of nitrogens with zero attached hydrogens (tertiary/aromatic N) is 3. The smallest absolute Gasteiger partial charge is 0.239 e. The van der Waals surface area contributed by atoms with E-state index in [2.05, 4.69) is 43.8 Å². The number of nitrogen functional groups attached to an aromatic ring is 1. The fourth-order valence-electron chi connectivity index (χ4n) is 2.02. The summed E-state index contributed by atoms with van der Waals surface area (Å²) in [5, 5.41) is 4.59. The van der Waals surface area contributed by atoms with E-state index >= 15 is 0 Å². The summed E-state index contributed by atoms with van der Waals surface area (Å²) in [6, 6.07) is 5.82. The van der Waals surface area contributed by atoms with E-state index in [1.54, 1.807) is 0 Å². The Morgan fingerprint density at radius 1 is 1.24 bits per heavy atom. The second-order valence-electron chi connectivity index (χ2n) is 5.51. The van der Waals surface area contributed by atoms with Crippen molar-refractivity contribution in [1.29, 1.82) is 0 Å². The Labute approximate surface area is 126 Å². The molecule has 0 bridgehead atoms. The van der Waals surface area contributed by atoms with Crippen molar-refractivity contribution in [1.82, 2.24) is 14.8 Å². The highest BCUT2D eigenvalue weighted by Gasteiger charge is 2.11. The lowest BCUT2D eigenvalue weighted by molar-refractivity contribution is 0.262. The summed E-state index contributed by atoms with van der Waals surface area (Å²) in [6.07, 6.45) is 1.81. The number of nitrogens with two attached hydrogens (primary N) is 1. The molecule has 0 atom stereocenters. The van der Waals surface area contributed by atoms with Crippen LogP contribution in [0.25, 0.3) is 5.82 Å². The summed E-state index contributed by atoms with van der Waals surface area (Å²) in [5.74, 6) is 1.66. The molecular formula is C16H24N4O. The summed E-state index contributed by atoms with van der Waals surface area (Å²) in [6.45, 7) is 8.99. The average molecular weight is 288 g/mol. The van der Waals surface area contributed by atoms with Crippen molar-refractivity contribution in [3.8, 4) is 11.7 Å². The van der Waals surface area contributed by atoms with E-state index < -0.39 is 0 Å². The van der Waals surface area contributed by atoms with Crippen molar-refractivity contribution < 1.29 is 4.74 Å². The maximum atomic E-state index is 5.94. The van der Waals surface area contributed by atoms with Crippen molar-refractivity contribution in [3.63, 3.8) is 0 Å². The number of pyridine rings is 1. The molecule has 5 nitrogen and oxygen atoms in total. The molecule has 0 aliphatic rings. The van der Waals surface area contributed by atoms with Gasteiger partial charge in [0, 0.05) is 5.69 Å². The molecule has 0 saturated heterocycles. The lowest BCUT2D eigenvalue weighted by Gasteiger charge is -2.12. The monoisotopic (exact) mass is 288 g/mol. The van der Waals surface area contributed by atoms with Crippen LogP contribution in [0.3, 0.4) is 0 Å². The van der Waals surface area contributed by atoms with Gasteiger partial charge in [-0.3, -0.25) is 0 Å². The van der Waals surface area contributed by atoms with Crippen LogP contribution in [0.2, 0.25) is 0 Å². The summed E-state index contributed by atoms with van der Waals surface area (Å²) >= 11 is 0. The summed E-state index contributed by atoms with van der Waals surface area (Å²) < 4.78 is 7.57. The molecule has 114 valence electrons. The van der Waals surface area contributed by atoms with Gasteiger partial charge in [0.25, 0.3) is 0 Å². The Balaban J connectivity index is 2.35. The number of aromatic nitrogens is 3. The van der Waals surface area contributed by atoms with Crippen LogP contribution >= 0.6 is 0 Å². The van der Waals surface area contributed by atoms with Gasteiger partial charge in [0.1, 0.15) is 0 Å². The molecule has 2 aromatic heterocycles. The van der Waals surface area contributed by atoms with Crippen molar-refractivity contribution in [2.24, 2.45) is 5.92 Å². The van der Waals surface area contributed by atoms with Crippen molar-refractivity contribution >= 4 is 5.69 Å². The normalized spacial score (nSPS) is 11.1. The average Bonchev–Trinajstić information content (AvgIpc) is 2.89.